The van der Waals surface area contributed by atoms with Gasteiger partial charge in [-0.15, -0.1) is 0 Å². The third kappa shape index (κ3) is 8.72. The Bertz CT molecular complexity index is 2740. The van der Waals surface area contributed by atoms with E-state index in [1.807, 2.05) is 38.2 Å². The van der Waals surface area contributed by atoms with Crippen LogP contribution >= 0.6 is 0 Å². The quantitative estimate of drug-likeness (QED) is 0.134. The van der Waals surface area contributed by atoms with Gasteiger partial charge in [0.05, 0.1) is 23.4 Å². The Labute approximate surface area is 392 Å². The minimum Gasteiger partial charge on any atom is -0.508 e. The Morgan fingerprint density at radius 1 is 1.03 bits per heavy atom. The number of esters is 1. The van der Waals surface area contributed by atoms with Crippen molar-refractivity contribution in [1.82, 2.24) is 39.8 Å². The molecular weight excluding hydrogens is 873 g/mol. The molecule has 5 aliphatic rings. The van der Waals surface area contributed by atoms with Gasteiger partial charge in [-0.2, -0.15) is 4.31 Å². The molecule has 0 saturated carbocycles. The predicted octanol–water partition coefficient (Wildman–Crippen LogP) is 4.69. The van der Waals surface area contributed by atoms with Gasteiger partial charge in [0, 0.05) is 73.8 Å². The second-order valence-corrected chi connectivity index (χ2v) is 22.9. The van der Waals surface area contributed by atoms with E-state index in [9.17, 15) is 32.7 Å². The summed E-state index contributed by atoms with van der Waals surface area (Å²) in [4.78, 5) is 63.9. The number of hydrazine groups is 1. The molecule has 358 valence electrons. The van der Waals surface area contributed by atoms with E-state index in [1.54, 1.807) is 17.0 Å². The molecule has 0 radical (unpaired) electrons. The smallest absolute Gasteiger partial charge is 0.324 e. The van der Waals surface area contributed by atoms with Gasteiger partial charge in [0.1, 0.15) is 29.2 Å². The number of amides is 3. The number of nitrogens with zero attached hydrogens (tertiary/aromatic N) is 5. The molecule has 2 aromatic heterocycles. The summed E-state index contributed by atoms with van der Waals surface area (Å²) in [5.41, 5.74) is 9.10. The maximum absolute atomic E-state index is 14.8. The van der Waals surface area contributed by atoms with Crippen molar-refractivity contribution < 1.29 is 37.4 Å². The molecule has 4 saturated heterocycles. The lowest BCUT2D eigenvalue weighted by atomic mass is 9.80. The van der Waals surface area contributed by atoms with E-state index in [0.717, 1.165) is 44.5 Å². The van der Waals surface area contributed by atoms with Crippen LogP contribution in [0.2, 0.25) is 0 Å². The normalized spacial score (nSPS) is 23.7. The number of carbonyl (C=O) groups excluding carboxylic acids is 4. The van der Waals surface area contributed by atoms with Crippen LogP contribution in [0, 0.1) is 16.7 Å². The largest absolute Gasteiger partial charge is 0.508 e. The van der Waals surface area contributed by atoms with Gasteiger partial charge < -0.3 is 24.6 Å². The number of nitrogens with one attached hydrogen (secondary N) is 3. The second kappa shape index (κ2) is 17.6. The highest BCUT2D eigenvalue weighted by Crippen LogP contribution is 2.45. The molecule has 3 amide bonds. The Morgan fingerprint density at radius 2 is 1.79 bits per heavy atom. The highest BCUT2D eigenvalue weighted by Gasteiger charge is 2.61. The van der Waals surface area contributed by atoms with Gasteiger partial charge in [-0.05, 0) is 103 Å². The number of pyridine rings is 1. The van der Waals surface area contributed by atoms with Gasteiger partial charge in [-0.3, -0.25) is 34.5 Å². The van der Waals surface area contributed by atoms with Crippen molar-refractivity contribution in [3.05, 3.63) is 71.5 Å². The number of cyclic esters (lactones) is 1. The number of carbonyl (C=O) groups is 4. The molecule has 4 atom stereocenters. The van der Waals surface area contributed by atoms with E-state index in [-0.39, 0.29) is 62.7 Å². The van der Waals surface area contributed by atoms with Crippen molar-refractivity contribution in [3.8, 4) is 28.1 Å². The van der Waals surface area contributed by atoms with Gasteiger partial charge in [0.25, 0.3) is 5.91 Å². The van der Waals surface area contributed by atoms with E-state index in [4.69, 9.17) is 9.72 Å². The van der Waals surface area contributed by atoms with Crippen molar-refractivity contribution in [2.45, 2.75) is 117 Å². The fraction of sp³-hybridized carbons (Fsp3) is 0.540. The lowest BCUT2D eigenvalue weighted by Gasteiger charge is -2.45. The Morgan fingerprint density at radius 3 is 2.49 bits per heavy atom. The lowest BCUT2D eigenvalue weighted by Crippen LogP contribution is -2.64. The number of phenolic OH excluding ortho intramolecular Hbond substituents is 1. The molecule has 4 fully saturated rings. The molecule has 0 unspecified atom stereocenters. The van der Waals surface area contributed by atoms with E-state index < -0.39 is 62.1 Å². The SMILES string of the molecule is CCn1c(-c2cccnc2C(C)C)c2c3cc(ccc31)-c1cc(O)cc(c1)C[C@H](NC(=O)[C@H](C(C)C)N1CCC3(CN(S(=O)(=O)[C@H]4CN4)C3)C1=O)C(=O)N1CCC[C@H](N1)C(=O)OCC(C)(C)C2. The zero-order chi connectivity index (χ0) is 47.7. The average Bonchev–Trinajstić information content (AvgIpc) is 4.04. The molecule has 6 bridgehead atoms. The van der Waals surface area contributed by atoms with Crippen molar-refractivity contribution in [1.29, 1.82) is 0 Å². The Balaban J connectivity index is 1.09. The average molecular weight is 937 g/mol. The van der Waals surface area contributed by atoms with Gasteiger partial charge in [0.2, 0.25) is 21.8 Å². The fourth-order valence-corrected chi connectivity index (χ4v) is 12.5. The summed E-state index contributed by atoms with van der Waals surface area (Å²) in [5.74, 6) is -1.95. The standard InChI is InChI=1S/C50H64N8O8S/c1-8-56-40-14-13-32-23-36(40)37(44(56)35-11-9-16-51-42(35)29(2)3)24-49(6,7)28-66-47(62)38-12-10-17-58(54-38)46(61)39(21-31-19-33(32)22-34(59)20-31)53-45(60)43(30(4)5)57-18-15-50(48(57)63)26-55(27-50)67(64,65)41-25-52-41/h9,11,13-14,16,19-20,22-23,29-30,38-39,41,43,52,54,59H,8,10,12,15,17-18,21,24-28H2,1-7H3,(H,53,60)/t38-,39-,41-,43-/m0/s1. The molecular formula is C50H64N8O8S. The van der Waals surface area contributed by atoms with Crippen molar-refractivity contribution >= 4 is 44.6 Å². The first kappa shape index (κ1) is 46.7. The number of rotatable bonds is 9. The van der Waals surface area contributed by atoms with Crippen LogP contribution in [0.3, 0.4) is 0 Å². The molecule has 16 nitrogen and oxygen atoms in total. The molecule has 1 spiro atoms. The number of aromatic nitrogens is 2. The molecule has 4 aromatic rings. The van der Waals surface area contributed by atoms with E-state index >= 15 is 0 Å². The monoisotopic (exact) mass is 936 g/mol. The van der Waals surface area contributed by atoms with Crippen molar-refractivity contribution in [2.75, 3.05) is 39.3 Å². The van der Waals surface area contributed by atoms with Gasteiger partial charge in [0.15, 0.2) is 0 Å². The van der Waals surface area contributed by atoms with E-state index in [2.05, 4.69) is 73.4 Å². The summed E-state index contributed by atoms with van der Waals surface area (Å²) >= 11 is 0. The lowest BCUT2D eigenvalue weighted by molar-refractivity contribution is -0.155. The van der Waals surface area contributed by atoms with Gasteiger partial charge >= 0.3 is 5.97 Å². The third-order valence-electron chi connectivity index (χ3n) is 14.3. The molecule has 9 rings (SSSR count). The number of ether oxygens (including phenoxy) is 1. The number of sulfonamides is 1. The summed E-state index contributed by atoms with van der Waals surface area (Å²) in [5, 5.41) is 19.0. The minimum absolute atomic E-state index is 0.00872. The van der Waals surface area contributed by atoms with Crippen LogP contribution in [0.15, 0.2) is 54.7 Å². The topological polar surface area (TPSA) is 205 Å². The molecule has 2 aromatic carbocycles. The van der Waals surface area contributed by atoms with Gasteiger partial charge in [-0.25, -0.2) is 13.8 Å². The summed E-state index contributed by atoms with van der Waals surface area (Å²) in [6.07, 6.45) is 3.75. The first-order valence-electron chi connectivity index (χ1n) is 23.8. The molecule has 5 aliphatic heterocycles. The first-order chi connectivity index (χ1) is 31.8. The number of hydrogen-bond acceptors (Lipinski definition) is 11. The number of fused-ring (bicyclic) bond motifs is 6. The van der Waals surface area contributed by atoms with Crippen molar-refractivity contribution in [2.24, 2.45) is 16.7 Å². The number of aromatic hydroxyl groups is 1. The number of benzene rings is 2. The zero-order valence-electron chi connectivity index (χ0n) is 39.6. The molecule has 17 heteroatoms. The number of aryl methyl sites for hydroxylation is 1. The van der Waals surface area contributed by atoms with E-state index in [0.29, 0.717) is 44.3 Å². The number of hydrogen-bond donors (Lipinski definition) is 4. The predicted molar refractivity (Wildman–Crippen MR) is 254 cm³/mol. The van der Waals surface area contributed by atoms with Crippen LogP contribution in [0.25, 0.3) is 33.3 Å². The summed E-state index contributed by atoms with van der Waals surface area (Å²) < 4.78 is 35.6. The second-order valence-electron chi connectivity index (χ2n) is 20.7. The van der Waals surface area contributed by atoms with Crippen LogP contribution < -0.4 is 16.1 Å². The maximum Gasteiger partial charge on any atom is 0.324 e. The molecule has 67 heavy (non-hydrogen) atoms. The van der Waals surface area contributed by atoms with Crippen LogP contribution in [0.4, 0.5) is 0 Å². The molecule has 4 N–H and O–H groups in total. The number of phenols is 1. The van der Waals surface area contributed by atoms with Crippen LogP contribution in [0.1, 0.15) is 90.5 Å². The van der Waals surface area contributed by atoms with Gasteiger partial charge in [-0.1, -0.05) is 53.7 Å². The summed E-state index contributed by atoms with van der Waals surface area (Å²) in [7, 11) is -3.55. The van der Waals surface area contributed by atoms with Crippen LogP contribution in [0.5, 0.6) is 5.75 Å². The van der Waals surface area contributed by atoms with Crippen molar-refractivity contribution in [3.63, 3.8) is 0 Å². The summed E-state index contributed by atoms with van der Waals surface area (Å²) in [6.45, 7) is 16.2. The van der Waals surface area contributed by atoms with Crippen LogP contribution in [-0.4, -0.2) is 124 Å². The highest BCUT2D eigenvalue weighted by molar-refractivity contribution is 7.90. The fourth-order valence-electron chi connectivity index (χ4n) is 10.8. The molecule has 7 heterocycles. The Hall–Kier alpha value is -5.36. The maximum atomic E-state index is 14.8. The highest BCUT2D eigenvalue weighted by atomic mass is 32.2. The number of likely N-dealkylation sites (tertiary alicyclic amines) is 1. The molecule has 0 aliphatic carbocycles. The minimum atomic E-state index is -3.55. The van der Waals surface area contributed by atoms with Crippen LogP contribution in [-0.2, 0) is 53.3 Å². The van der Waals surface area contributed by atoms with E-state index in [1.165, 1.54) is 9.31 Å². The third-order valence-corrected chi connectivity index (χ3v) is 16.3. The zero-order valence-corrected chi connectivity index (χ0v) is 40.4. The summed E-state index contributed by atoms with van der Waals surface area (Å²) in [6, 6.07) is 12.7. The first-order valence-corrected chi connectivity index (χ1v) is 25.3. The Kier molecular flexibility index (Phi) is 12.3.